The van der Waals surface area contributed by atoms with Gasteiger partial charge in [0, 0.05) is 50.9 Å². The lowest BCUT2D eigenvalue weighted by atomic mass is 9.65. The Bertz CT molecular complexity index is 1240. The van der Waals surface area contributed by atoms with Crippen molar-refractivity contribution in [2.45, 2.75) is 54.7 Å². The number of nitrogens with one attached hydrogen (secondary N) is 2. The summed E-state index contributed by atoms with van der Waals surface area (Å²) in [5.74, 6) is 0.437. The molecule has 1 saturated carbocycles. The van der Waals surface area contributed by atoms with Gasteiger partial charge in [-0.1, -0.05) is 75.5 Å². The summed E-state index contributed by atoms with van der Waals surface area (Å²) >= 11 is 16.3. The molecule has 5 atom stereocenters. The monoisotopic (exact) mass is 638 g/mol. The molecule has 3 nitrogen and oxygen atoms in total. The minimum absolute atomic E-state index is 0.0303. The van der Waals surface area contributed by atoms with E-state index < -0.39 is 12.6 Å². The van der Waals surface area contributed by atoms with Crippen molar-refractivity contribution in [3.63, 3.8) is 0 Å². The zero-order chi connectivity index (χ0) is 27.7. The Morgan fingerprint density at radius 3 is 2.00 bits per heavy atom. The van der Waals surface area contributed by atoms with Gasteiger partial charge >= 0.3 is 6.18 Å². The highest BCUT2D eigenvalue weighted by Gasteiger charge is 2.47. The summed E-state index contributed by atoms with van der Waals surface area (Å²) < 4.78 is 38.4. The fourth-order valence-corrected chi connectivity index (χ4v) is 7.43. The number of fused-ring (bicyclic) bond motifs is 1. The van der Waals surface area contributed by atoms with Crippen LogP contribution < -0.4 is 10.6 Å². The molecule has 2 N–H and O–H groups in total. The molecule has 1 saturated heterocycles. The second kappa shape index (κ2) is 11.7. The van der Waals surface area contributed by atoms with Crippen LogP contribution >= 0.6 is 39.1 Å². The summed E-state index contributed by atoms with van der Waals surface area (Å²) in [6, 6.07) is 22.0. The number of hydrogen-bond acceptors (Lipinski definition) is 2. The Morgan fingerprint density at radius 1 is 0.897 bits per heavy atom. The molecular weight excluding hydrogens is 612 g/mol. The molecule has 2 aliphatic rings. The Balaban J connectivity index is 1.42. The average Bonchev–Trinajstić information content (AvgIpc) is 2.87. The summed E-state index contributed by atoms with van der Waals surface area (Å²) in [6.07, 6.45) is -3.21. The molecule has 1 heterocycles. The maximum absolute atomic E-state index is 12.8. The Morgan fingerprint density at radius 2 is 1.46 bits per heavy atom. The van der Waals surface area contributed by atoms with E-state index in [4.69, 9.17) is 23.2 Å². The maximum atomic E-state index is 12.8. The first-order chi connectivity index (χ1) is 18.6. The van der Waals surface area contributed by atoms with Crippen LogP contribution in [0, 0.1) is 11.8 Å². The van der Waals surface area contributed by atoms with Crippen LogP contribution in [0.3, 0.4) is 0 Å². The summed E-state index contributed by atoms with van der Waals surface area (Å²) in [5.41, 5.74) is 3.24. The van der Waals surface area contributed by atoms with Crippen LogP contribution in [0.4, 0.5) is 18.9 Å². The Hall–Kier alpha value is -2.22. The maximum Gasteiger partial charge on any atom is 0.393 e. The number of halogens is 6. The third kappa shape index (κ3) is 6.93. The van der Waals surface area contributed by atoms with Crippen molar-refractivity contribution in [2.75, 3.05) is 5.32 Å². The molecule has 9 heteroatoms. The fourth-order valence-electron chi connectivity index (χ4n) is 6.18. The molecule has 1 amide bonds. The predicted molar refractivity (Wildman–Crippen MR) is 154 cm³/mol. The van der Waals surface area contributed by atoms with Crippen molar-refractivity contribution < 1.29 is 18.0 Å². The number of carbonyl (C=O) groups is 1. The molecule has 39 heavy (non-hydrogen) atoms. The Kier molecular flexibility index (Phi) is 8.51. The third-order valence-electron chi connectivity index (χ3n) is 7.84. The average molecular weight is 640 g/mol. The second-order valence-electron chi connectivity index (χ2n) is 10.5. The van der Waals surface area contributed by atoms with Gasteiger partial charge in [0.15, 0.2) is 0 Å². The zero-order valence-corrected chi connectivity index (χ0v) is 24.0. The van der Waals surface area contributed by atoms with E-state index in [0.717, 1.165) is 24.0 Å². The standard InChI is InChI=1S/C30H28BrCl2F3N2O/c31-25-14-20(28(18-3-7-21(32)8-4-18)19-5-9-22(33)10-6-19)13-24-26(15-27(39)38-29(24)25)37-23-11-1-17(2-12-23)16-30(34,35)36/h1-12,20,24-26,28-29,37H,13-16H2,(H,38,39). The fraction of sp³-hybridized carbons (Fsp3) is 0.367. The van der Waals surface area contributed by atoms with E-state index in [0.29, 0.717) is 22.2 Å². The van der Waals surface area contributed by atoms with Gasteiger partial charge in [-0.25, -0.2) is 0 Å². The van der Waals surface area contributed by atoms with Gasteiger partial charge in [-0.05, 0) is 71.8 Å². The predicted octanol–water partition coefficient (Wildman–Crippen LogP) is 8.39. The number of alkyl halides is 4. The van der Waals surface area contributed by atoms with Crippen molar-refractivity contribution >= 4 is 50.7 Å². The first-order valence-electron chi connectivity index (χ1n) is 12.9. The van der Waals surface area contributed by atoms with Gasteiger partial charge in [0.05, 0.1) is 6.42 Å². The molecule has 5 rings (SSSR count). The second-order valence-corrected chi connectivity index (χ2v) is 12.6. The molecule has 3 aromatic carbocycles. The van der Waals surface area contributed by atoms with Crippen LogP contribution in [0.1, 0.15) is 41.9 Å². The van der Waals surface area contributed by atoms with Crippen molar-refractivity contribution in [3.05, 3.63) is 99.5 Å². The highest BCUT2D eigenvalue weighted by molar-refractivity contribution is 9.09. The normalized spacial score (nSPS) is 25.2. The number of piperidine rings is 1. The van der Waals surface area contributed by atoms with Crippen LogP contribution in [0.25, 0.3) is 0 Å². The number of rotatable bonds is 6. The van der Waals surface area contributed by atoms with Gasteiger partial charge in [-0.15, -0.1) is 0 Å². The van der Waals surface area contributed by atoms with E-state index in [1.165, 1.54) is 12.1 Å². The number of anilines is 1. The molecule has 5 unspecified atom stereocenters. The molecule has 0 aromatic heterocycles. The van der Waals surface area contributed by atoms with Gasteiger partial charge in [0.1, 0.15) is 0 Å². The lowest BCUT2D eigenvalue weighted by Gasteiger charge is -2.48. The lowest BCUT2D eigenvalue weighted by molar-refractivity contribution is -0.127. The van der Waals surface area contributed by atoms with Gasteiger partial charge in [-0.2, -0.15) is 13.2 Å². The lowest BCUT2D eigenvalue weighted by Crippen LogP contribution is -2.60. The van der Waals surface area contributed by atoms with Crippen LogP contribution in [0.5, 0.6) is 0 Å². The quantitative estimate of drug-likeness (QED) is 0.266. The van der Waals surface area contributed by atoms with E-state index >= 15 is 0 Å². The summed E-state index contributed by atoms with van der Waals surface area (Å²) in [5, 5.41) is 8.02. The van der Waals surface area contributed by atoms with Crippen molar-refractivity contribution in [1.29, 1.82) is 0 Å². The molecule has 3 aromatic rings. The first-order valence-corrected chi connectivity index (χ1v) is 14.6. The largest absolute Gasteiger partial charge is 0.393 e. The molecule has 206 valence electrons. The smallest absolute Gasteiger partial charge is 0.381 e. The van der Waals surface area contributed by atoms with Gasteiger partial charge in [0.2, 0.25) is 5.91 Å². The molecule has 0 radical (unpaired) electrons. The van der Waals surface area contributed by atoms with Gasteiger partial charge in [-0.3, -0.25) is 4.79 Å². The molecule has 0 bridgehead atoms. The zero-order valence-electron chi connectivity index (χ0n) is 20.9. The van der Waals surface area contributed by atoms with E-state index in [-0.39, 0.29) is 46.1 Å². The van der Waals surface area contributed by atoms with Crippen LogP contribution in [-0.4, -0.2) is 29.0 Å². The highest BCUT2D eigenvalue weighted by Crippen LogP contribution is 2.47. The van der Waals surface area contributed by atoms with E-state index in [1.807, 2.05) is 24.3 Å². The minimum atomic E-state index is -4.25. The SMILES string of the molecule is O=C1CC(Nc2ccc(CC(F)(F)F)cc2)C2CC(C(c3ccc(Cl)cc3)c3ccc(Cl)cc3)CC(Br)C2N1. The summed E-state index contributed by atoms with van der Waals surface area (Å²) in [7, 11) is 0. The van der Waals surface area contributed by atoms with Crippen LogP contribution in [0.15, 0.2) is 72.8 Å². The van der Waals surface area contributed by atoms with Gasteiger partial charge in [0.25, 0.3) is 0 Å². The molecule has 1 aliphatic carbocycles. The highest BCUT2D eigenvalue weighted by atomic mass is 79.9. The van der Waals surface area contributed by atoms with Crippen molar-refractivity contribution in [2.24, 2.45) is 11.8 Å². The number of amides is 1. The third-order valence-corrected chi connectivity index (χ3v) is 9.29. The van der Waals surface area contributed by atoms with E-state index in [2.05, 4.69) is 50.8 Å². The summed E-state index contributed by atoms with van der Waals surface area (Å²) in [6.45, 7) is 0. The van der Waals surface area contributed by atoms with Crippen molar-refractivity contribution in [1.82, 2.24) is 5.32 Å². The topological polar surface area (TPSA) is 41.1 Å². The Labute approximate surface area is 244 Å². The van der Waals surface area contributed by atoms with Crippen molar-refractivity contribution in [3.8, 4) is 0 Å². The van der Waals surface area contributed by atoms with E-state index in [1.54, 1.807) is 12.1 Å². The molecule has 1 aliphatic heterocycles. The number of benzene rings is 3. The number of hydrogen-bond donors (Lipinski definition) is 2. The van der Waals surface area contributed by atoms with Crippen LogP contribution in [0.2, 0.25) is 10.0 Å². The van der Waals surface area contributed by atoms with Gasteiger partial charge < -0.3 is 10.6 Å². The van der Waals surface area contributed by atoms with E-state index in [9.17, 15) is 18.0 Å². The van der Waals surface area contributed by atoms with Crippen LogP contribution in [-0.2, 0) is 11.2 Å². The first kappa shape index (κ1) is 28.3. The minimum Gasteiger partial charge on any atom is -0.381 e. The molecular formula is C30H28BrCl2F3N2O. The molecule has 0 spiro atoms. The molecule has 2 fully saturated rings. The summed E-state index contributed by atoms with van der Waals surface area (Å²) in [4.78, 5) is 12.7. The number of carbonyl (C=O) groups excluding carboxylic acids is 1.